The highest BCUT2D eigenvalue weighted by atomic mass is 15.2. The van der Waals surface area contributed by atoms with Gasteiger partial charge in [0.2, 0.25) is 0 Å². The van der Waals surface area contributed by atoms with Gasteiger partial charge in [-0.3, -0.25) is 4.90 Å². The Kier molecular flexibility index (Phi) is 5.22. The van der Waals surface area contributed by atoms with Crippen molar-refractivity contribution in [3.63, 3.8) is 0 Å². The highest BCUT2D eigenvalue weighted by molar-refractivity contribution is 4.99. The Balaban J connectivity index is 2.82. The number of rotatable bonds is 4. The molecule has 0 bridgehead atoms. The largest absolute Gasteiger partial charge is 0.300 e. The molecular formula is C16H30N2. The summed E-state index contributed by atoms with van der Waals surface area (Å²) in [6.07, 6.45) is 4.72. The van der Waals surface area contributed by atoms with Crippen LogP contribution in [0.25, 0.3) is 0 Å². The van der Waals surface area contributed by atoms with Crippen molar-refractivity contribution < 1.29 is 0 Å². The maximum atomic E-state index is 9.36. The number of nitrogens with zero attached hydrogens (tertiary/aromatic N) is 2. The Morgan fingerprint density at radius 1 is 1.33 bits per heavy atom. The van der Waals surface area contributed by atoms with Crippen molar-refractivity contribution in [2.45, 2.75) is 72.4 Å². The van der Waals surface area contributed by atoms with Gasteiger partial charge in [0.25, 0.3) is 0 Å². The maximum Gasteiger partial charge on any atom is 0.0672 e. The van der Waals surface area contributed by atoms with E-state index in [4.69, 9.17) is 0 Å². The molecule has 0 aromatic carbocycles. The first kappa shape index (κ1) is 15.5. The van der Waals surface area contributed by atoms with E-state index in [1.807, 2.05) is 0 Å². The lowest BCUT2D eigenvalue weighted by atomic mass is 9.66. The summed E-state index contributed by atoms with van der Waals surface area (Å²) in [5.41, 5.74) is 0.413. The fraction of sp³-hybridized carbons (Fsp3) is 0.938. The Morgan fingerprint density at radius 2 is 1.94 bits per heavy atom. The highest BCUT2D eigenvalue weighted by Crippen LogP contribution is 2.43. The van der Waals surface area contributed by atoms with E-state index in [0.717, 1.165) is 12.3 Å². The lowest BCUT2D eigenvalue weighted by Gasteiger charge is -2.45. The van der Waals surface area contributed by atoms with Gasteiger partial charge in [0.15, 0.2) is 0 Å². The van der Waals surface area contributed by atoms with E-state index in [-0.39, 0.29) is 5.92 Å². The van der Waals surface area contributed by atoms with E-state index in [1.165, 1.54) is 19.3 Å². The van der Waals surface area contributed by atoms with Crippen LogP contribution in [0.2, 0.25) is 0 Å². The van der Waals surface area contributed by atoms with Crippen molar-refractivity contribution in [3.05, 3.63) is 0 Å². The summed E-state index contributed by atoms with van der Waals surface area (Å²) >= 11 is 0. The second-order valence-corrected chi connectivity index (χ2v) is 6.91. The van der Waals surface area contributed by atoms with Gasteiger partial charge in [-0.1, -0.05) is 27.2 Å². The SMILES string of the molecule is CCC(C)(C)C1CCC(C#N)C(N(C)C(C)C)C1. The smallest absolute Gasteiger partial charge is 0.0672 e. The van der Waals surface area contributed by atoms with E-state index in [1.54, 1.807) is 0 Å². The number of hydrogen-bond donors (Lipinski definition) is 0. The second kappa shape index (κ2) is 6.06. The summed E-state index contributed by atoms with van der Waals surface area (Å²) in [6.45, 7) is 11.5. The van der Waals surface area contributed by atoms with Crippen molar-refractivity contribution in [2.24, 2.45) is 17.3 Å². The Hall–Kier alpha value is -0.550. The summed E-state index contributed by atoms with van der Waals surface area (Å²) in [5, 5.41) is 9.36. The van der Waals surface area contributed by atoms with E-state index in [2.05, 4.69) is 52.6 Å². The van der Waals surface area contributed by atoms with Crippen LogP contribution in [0.5, 0.6) is 0 Å². The summed E-state index contributed by atoms with van der Waals surface area (Å²) in [5.74, 6) is 0.986. The summed E-state index contributed by atoms with van der Waals surface area (Å²) in [6, 6.07) is 3.50. The Bertz CT molecular complexity index is 301. The van der Waals surface area contributed by atoms with Crippen LogP contribution in [0.4, 0.5) is 0 Å². The standard InChI is InChI=1S/C16H30N2/c1-7-16(4,5)14-9-8-13(11-17)15(10-14)18(6)12(2)3/h12-15H,7-10H2,1-6H3. The van der Waals surface area contributed by atoms with Crippen LogP contribution in [-0.4, -0.2) is 24.0 Å². The second-order valence-electron chi connectivity index (χ2n) is 6.91. The zero-order valence-corrected chi connectivity index (χ0v) is 13.0. The van der Waals surface area contributed by atoms with Crippen LogP contribution < -0.4 is 0 Å². The average molecular weight is 250 g/mol. The zero-order valence-electron chi connectivity index (χ0n) is 13.0. The van der Waals surface area contributed by atoms with Crippen molar-refractivity contribution in [2.75, 3.05) is 7.05 Å². The molecule has 1 aliphatic carbocycles. The molecular weight excluding hydrogens is 220 g/mol. The van der Waals surface area contributed by atoms with Crippen LogP contribution in [0.15, 0.2) is 0 Å². The molecule has 0 amide bonds. The maximum absolute atomic E-state index is 9.36. The molecule has 3 unspecified atom stereocenters. The summed E-state index contributed by atoms with van der Waals surface area (Å²) in [7, 11) is 2.18. The third-order valence-electron chi connectivity index (χ3n) is 5.34. The Morgan fingerprint density at radius 3 is 2.39 bits per heavy atom. The first-order valence-corrected chi connectivity index (χ1v) is 7.45. The molecule has 1 rings (SSSR count). The van der Waals surface area contributed by atoms with Gasteiger partial charge in [-0.2, -0.15) is 5.26 Å². The molecule has 0 radical (unpaired) electrons. The van der Waals surface area contributed by atoms with E-state index < -0.39 is 0 Å². The monoisotopic (exact) mass is 250 g/mol. The molecule has 0 aromatic rings. The van der Waals surface area contributed by atoms with E-state index in [0.29, 0.717) is 17.5 Å². The Labute approximate surface area is 113 Å². The molecule has 0 aliphatic heterocycles. The van der Waals surface area contributed by atoms with Gasteiger partial charge in [-0.15, -0.1) is 0 Å². The summed E-state index contributed by atoms with van der Waals surface area (Å²) < 4.78 is 0. The fourth-order valence-electron chi connectivity index (χ4n) is 3.13. The molecule has 2 nitrogen and oxygen atoms in total. The van der Waals surface area contributed by atoms with Crippen molar-refractivity contribution in [1.82, 2.24) is 4.90 Å². The lowest BCUT2D eigenvalue weighted by molar-refractivity contribution is 0.0509. The topological polar surface area (TPSA) is 27.0 Å². The van der Waals surface area contributed by atoms with Crippen LogP contribution in [0.1, 0.15) is 60.3 Å². The van der Waals surface area contributed by atoms with Crippen molar-refractivity contribution in [3.8, 4) is 6.07 Å². The minimum Gasteiger partial charge on any atom is -0.300 e. The molecule has 1 saturated carbocycles. The molecule has 18 heavy (non-hydrogen) atoms. The van der Waals surface area contributed by atoms with Crippen LogP contribution in [0.3, 0.4) is 0 Å². The van der Waals surface area contributed by atoms with Gasteiger partial charge in [0.05, 0.1) is 12.0 Å². The van der Waals surface area contributed by atoms with Crippen LogP contribution in [0, 0.1) is 28.6 Å². The summed E-state index contributed by atoms with van der Waals surface area (Å²) in [4.78, 5) is 2.41. The molecule has 0 aromatic heterocycles. The minimum absolute atomic E-state index is 0.223. The number of nitriles is 1. The molecule has 104 valence electrons. The third kappa shape index (κ3) is 3.26. The predicted octanol–water partition coefficient (Wildman–Crippen LogP) is 4.07. The molecule has 3 atom stereocenters. The van der Waals surface area contributed by atoms with Gasteiger partial charge in [0.1, 0.15) is 0 Å². The average Bonchev–Trinajstić information content (AvgIpc) is 2.36. The van der Waals surface area contributed by atoms with Gasteiger partial charge in [-0.25, -0.2) is 0 Å². The first-order valence-electron chi connectivity index (χ1n) is 7.45. The first-order chi connectivity index (χ1) is 8.33. The fourth-order valence-corrected chi connectivity index (χ4v) is 3.13. The van der Waals surface area contributed by atoms with Gasteiger partial charge in [-0.05, 0) is 51.5 Å². The third-order valence-corrected chi connectivity index (χ3v) is 5.34. The molecule has 0 N–H and O–H groups in total. The number of hydrogen-bond acceptors (Lipinski definition) is 2. The molecule has 2 heteroatoms. The molecule has 1 aliphatic rings. The zero-order chi connectivity index (χ0) is 13.9. The van der Waals surface area contributed by atoms with Crippen LogP contribution >= 0.6 is 0 Å². The molecule has 0 saturated heterocycles. The predicted molar refractivity (Wildman–Crippen MR) is 77.2 cm³/mol. The lowest BCUT2D eigenvalue weighted by Crippen LogP contribution is -2.47. The quantitative estimate of drug-likeness (QED) is 0.752. The minimum atomic E-state index is 0.223. The van der Waals surface area contributed by atoms with Gasteiger partial charge < -0.3 is 0 Å². The molecule has 0 spiro atoms. The normalized spacial score (nSPS) is 29.6. The van der Waals surface area contributed by atoms with Crippen molar-refractivity contribution in [1.29, 1.82) is 5.26 Å². The highest BCUT2D eigenvalue weighted by Gasteiger charge is 2.39. The van der Waals surface area contributed by atoms with Gasteiger partial charge >= 0.3 is 0 Å². The van der Waals surface area contributed by atoms with Gasteiger partial charge in [0, 0.05) is 12.1 Å². The van der Waals surface area contributed by atoms with E-state index in [9.17, 15) is 5.26 Å². The van der Waals surface area contributed by atoms with Crippen LogP contribution in [-0.2, 0) is 0 Å². The molecule has 0 heterocycles. The van der Waals surface area contributed by atoms with Crippen molar-refractivity contribution >= 4 is 0 Å². The molecule has 1 fully saturated rings. The van der Waals surface area contributed by atoms with E-state index >= 15 is 0 Å².